The van der Waals surface area contributed by atoms with Gasteiger partial charge in [0.1, 0.15) is 0 Å². The molecule has 0 atom stereocenters. The van der Waals surface area contributed by atoms with Crippen LogP contribution in [0.1, 0.15) is 16.7 Å². The zero-order chi connectivity index (χ0) is 10.2. The first-order valence-corrected chi connectivity index (χ1v) is 5.09. The molecule has 1 heterocycles. The van der Waals surface area contributed by atoms with Gasteiger partial charge < -0.3 is 10.4 Å². The molecule has 1 aliphatic heterocycles. The third-order valence-corrected chi connectivity index (χ3v) is 3.06. The third-order valence-electron chi connectivity index (χ3n) is 3.06. The monoisotopic (exact) mass is 191 g/mol. The van der Waals surface area contributed by atoms with E-state index in [1.54, 1.807) is 0 Å². The van der Waals surface area contributed by atoms with Gasteiger partial charge in [0.05, 0.1) is 5.60 Å². The quantitative estimate of drug-likeness (QED) is 0.735. The molecule has 0 amide bonds. The zero-order valence-electron chi connectivity index (χ0n) is 8.80. The van der Waals surface area contributed by atoms with Crippen LogP contribution in [-0.2, 0) is 6.42 Å². The van der Waals surface area contributed by atoms with E-state index in [1.807, 2.05) is 0 Å². The summed E-state index contributed by atoms with van der Waals surface area (Å²) in [5.74, 6) is 0. The van der Waals surface area contributed by atoms with Crippen LogP contribution in [0.5, 0.6) is 0 Å². The summed E-state index contributed by atoms with van der Waals surface area (Å²) in [5, 5.41) is 13.2. The van der Waals surface area contributed by atoms with Crippen molar-refractivity contribution in [1.29, 1.82) is 0 Å². The fourth-order valence-electron chi connectivity index (χ4n) is 2.00. The van der Waals surface area contributed by atoms with Crippen LogP contribution in [-0.4, -0.2) is 23.8 Å². The average molecular weight is 191 g/mol. The van der Waals surface area contributed by atoms with E-state index in [9.17, 15) is 5.11 Å². The van der Waals surface area contributed by atoms with Gasteiger partial charge in [-0.05, 0) is 30.5 Å². The SMILES string of the molecule is Cc1cccc(C)c1CC1(O)CNC1. The molecule has 1 aliphatic rings. The summed E-state index contributed by atoms with van der Waals surface area (Å²) < 4.78 is 0. The van der Waals surface area contributed by atoms with Crippen LogP contribution >= 0.6 is 0 Å². The zero-order valence-corrected chi connectivity index (χ0v) is 8.80. The van der Waals surface area contributed by atoms with Crippen LogP contribution in [0.4, 0.5) is 0 Å². The van der Waals surface area contributed by atoms with Gasteiger partial charge >= 0.3 is 0 Å². The molecule has 0 aromatic heterocycles. The minimum atomic E-state index is -0.503. The molecule has 2 nitrogen and oxygen atoms in total. The largest absolute Gasteiger partial charge is 0.387 e. The van der Waals surface area contributed by atoms with E-state index >= 15 is 0 Å². The van der Waals surface area contributed by atoms with E-state index in [1.165, 1.54) is 16.7 Å². The number of rotatable bonds is 2. The molecule has 0 saturated carbocycles. The van der Waals surface area contributed by atoms with E-state index in [4.69, 9.17) is 0 Å². The molecular formula is C12H17NO. The van der Waals surface area contributed by atoms with Gasteiger partial charge in [-0.2, -0.15) is 0 Å². The van der Waals surface area contributed by atoms with E-state index in [0.29, 0.717) is 0 Å². The maximum Gasteiger partial charge on any atom is 0.0935 e. The van der Waals surface area contributed by atoms with Crippen molar-refractivity contribution in [2.45, 2.75) is 25.9 Å². The number of hydrogen-bond acceptors (Lipinski definition) is 2. The number of benzene rings is 1. The lowest BCUT2D eigenvalue weighted by Crippen LogP contribution is -2.60. The van der Waals surface area contributed by atoms with Gasteiger partial charge in [-0.15, -0.1) is 0 Å². The number of nitrogens with one attached hydrogen (secondary N) is 1. The molecule has 1 aromatic rings. The van der Waals surface area contributed by atoms with Crippen molar-refractivity contribution in [2.24, 2.45) is 0 Å². The topological polar surface area (TPSA) is 32.3 Å². The predicted octanol–water partition coefficient (Wildman–Crippen LogP) is 1.18. The van der Waals surface area contributed by atoms with Crippen LogP contribution in [0.25, 0.3) is 0 Å². The molecule has 1 fully saturated rings. The predicted molar refractivity (Wildman–Crippen MR) is 57.4 cm³/mol. The average Bonchev–Trinajstić information content (AvgIpc) is 2.09. The summed E-state index contributed by atoms with van der Waals surface area (Å²) in [6.45, 7) is 5.66. The smallest absolute Gasteiger partial charge is 0.0935 e. The fourth-order valence-corrected chi connectivity index (χ4v) is 2.00. The highest BCUT2D eigenvalue weighted by molar-refractivity contribution is 5.35. The molecule has 76 valence electrons. The Balaban J connectivity index is 2.23. The van der Waals surface area contributed by atoms with Crippen molar-refractivity contribution in [3.05, 3.63) is 34.9 Å². The van der Waals surface area contributed by atoms with E-state index in [-0.39, 0.29) is 0 Å². The Morgan fingerprint density at radius 1 is 1.29 bits per heavy atom. The molecule has 0 bridgehead atoms. The van der Waals surface area contributed by atoms with Crippen molar-refractivity contribution in [2.75, 3.05) is 13.1 Å². The molecule has 2 rings (SSSR count). The summed E-state index contributed by atoms with van der Waals surface area (Å²) in [5.41, 5.74) is 3.36. The second-order valence-corrected chi connectivity index (χ2v) is 4.38. The number of β-amino-alcohol motifs (C(OH)–C–C–N with tert-alkyl or cyclic N) is 1. The van der Waals surface area contributed by atoms with Crippen LogP contribution in [0.2, 0.25) is 0 Å². The number of aliphatic hydroxyl groups is 1. The molecule has 0 radical (unpaired) electrons. The molecule has 2 heteroatoms. The Morgan fingerprint density at radius 3 is 2.29 bits per heavy atom. The Morgan fingerprint density at radius 2 is 1.86 bits per heavy atom. The maximum atomic E-state index is 10.0. The standard InChI is InChI=1S/C12H17NO/c1-9-4-3-5-10(2)11(9)6-12(14)7-13-8-12/h3-5,13-14H,6-8H2,1-2H3. The minimum absolute atomic E-state index is 0.503. The lowest BCUT2D eigenvalue weighted by Gasteiger charge is -2.38. The van der Waals surface area contributed by atoms with Crippen molar-refractivity contribution in [3.8, 4) is 0 Å². The first-order valence-electron chi connectivity index (χ1n) is 5.09. The fraction of sp³-hybridized carbons (Fsp3) is 0.500. The first kappa shape index (κ1) is 9.69. The third kappa shape index (κ3) is 1.68. The highest BCUT2D eigenvalue weighted by Gasteiger charge is 2.34. The highest BCUT2D eigenvalue weighted by Crippen LogP contribution is 2.22. The molecule has 0 aliphatic carbocycles. The molecule has 1 aromatic carbocycles. The van der Waals surface area contributed by atoms with Gasteiger partial charge in [-0.25, -0.2) is 0 Å². The van der Waals surface area contributed by atoms with Crippen molar-refractivity contribution >= 4 is 0 Å². The van der Waals surface area contributed by atoms with Gasteiger partial charge in [0.15, 0.2) is 0 Å². The summed E-state index contributed by atoms with van der Waals surface area (Å²) in [6.07, 6.45) is 0.776. The Kier molecular flexibility index (Phi) is 2.33. The molecule has 1 saturated heterocycles. The molecular weight excluding hydrogens is 174 g/mol. The van der Waals surface area contributed by atoms with Gasteiger partial charge in [-0.1, -0.05) is 18.2 Å². The Hall–Kier alpha value is -0.860. The van der Waals surface area contributed by atoms with E-state index in [0.717, 1.165) is 19.5 Å². The van der Waals surface area contributed by atoms with Gasteiger partial charge in [0.25, 0.3) is 0 Å². The van der Waals surface area contributed by atoms with Crippen LogP contribution in [0, 0.1) is 13.8 Å². The van der Waals surface area contributed by atoms with E-state index < -0.39 is 5.60 Å². The van der Waals surface area contributed by atoms with Crippen LogP contribution in [0.15, 0.2) is 18.2 Å². The van der Waals surface area contributed by atoms with Gasteiger partial charge in [0.2, 0.25) is 0 Å². The summed E-state index contributed by atoms with van der Waals surface area (Å²) in [7, 11) is 0. The summed E-state index contributed by atoms with van der Waals surface area (Å²) in [4.78, 5) is 0. The normalized spacial score (nSPS) is 19.1. The van der Waals surface area contributed by atoms with Crippen molar-refractivity contribution in [1.82, 2.24) is 5.32 Å². The first-order chi connectivity index (χ1) is 6.61. The maximum absolute atomic E-state index is 10.0. The lowest BCUT2D eigenvalue weighted by atomic mass is 9.85. The van der Waals surface area contributed by atoms with Crippen LogP contribution in [0.3, 0.4) is 0 Å². The second-order valence-electron chi connectivity index (χ2n) is 4.38. The van der Waals surface area contributed by atoms with Crippen LogP contribution < -0.4 is 5.32 Å². The minimum Gasteiger partial charge on any atom is -0.387 e. The number of hydrogen-bond donors (Lipinski definition) is 2. The second kappa shape index (κ2) is 3.37. The molecule has 0 spiro atoms. The Labute approximate surface area is 85.0 Å². The Bertz CT molecular complexity index is 322. The molecule has 0 unspecified atom stereocenters. The number of aryl methyl sites for hydroxylation is 2. The van der Waals surface area contributed by atoms with Gasteiger partial charge in [0, 0.05) is 19.5 Å². The lowest BCUT2D eigenvalue weighted by molar-refractivity contribution is -0.00926. The molecule has 2 N–H and O–H groups in total. The van der Waals surface area contributed by atoms with Crippen molar-refractivity contribution < 1.29 is 5.11 Å². The molecule has 14 heavy (non-hydrogen) atoms. The van der Waals surface area contributed by atoms with Gasteiger partial charge in [-0.3, -0.25) is 0 Å². The summed E-state index contributed by atoms with van der Waals surface area (Å²) in [6, 6.07) is 6.28. The van der Waals surface area contributed by atoms with E-state index in [2.05, 4.69) is 37.4 Å². The van der Waals surface area contributed by atoms with Crippen molar-refractivity contribution in [3.63, 3.8) is 0 Å². The highest BCUT2D eigenvalue weighted by atomic mass is 16.3. The summed E-state index contributed by atoms with van der Waals surface area (Å²) >= 11 is 0.